The van der Waals surface area contributed by atoms with E-state index in [0.717, 1.165) is 6.54 Å². The highest BCUT2D eigenvalue weighted by atomic mass is 15.2. The highest BCUT2D eigenvalue weighted by molar-refractivity contribution is 4.88. The molecule has 17 heavy (non-hydrogen) atoms. The number of likely N-dealkylation sites (N-methyl/N-ethyl adjacent to an activating group) is 1. The quantitative estimate of drug-likeness (QED) is 0.766. The molecule has 1 saturated heterocycles. The van der Waals surface area contributed by atoms with Crippen molar-refractivity contribution in [2.75, 3.05) is 19.6 Å². The van der Waals surface area contributed by atoms with Crippen LogP contribution in [-0.2, 0) is 0 Å². The Hall–Kier alpha value is -0.0800. The topological polar surface area (TPSA) is 15.3 Å². The third-order valence-electron chi connectivity index (χ3n) is 5.18. The van der Waals surface area contributed by atoms with Crippen LogP contribution in [0.5, 0.6) is 0 Å². The molecule has 0 aromatic heterocycles. The van der Waals surface area contributed by atoms with E-state index in [2.05, 4.69) is 44.8 Å². The molecule has 1 aliphatic heterocycles. The summed E-state index contributed by atoms with van der Waals surface area (Å²) >= 11 is 0. The number of hydrogen-bond donors (Lipinski definition) is 1. The van der Waals surface area contributed by atoms with Gasteiger partial charge in [0.2, 0.25) is 0 Å². The minimum absolute atomic E-state index is 0.607. The summed E-state index contributed by atoms with van der Waals surface area (Å²) < 4.78 is 0. The van der Waals surface area contributed by atoms with Crippen LogP contribution in [0.1, 0.15) is 60.3 Å². The first-order chi connectivity index (χ1) is 8.08. The minimum Gasteiger partial charge on any atom is -0.313 e. The summed E-state index contributed by atoms with van der Waals surface area (Å²) in [6, 6.07) is 1.28. The van der Waals surface area contributed by atoms with Gasteiger partial charge in [-0.25, -0.2) is 0 Å². The molecule has 0 spiro atoms. The summed E-state index contributed by atoms with van der Waals surface area (Å²) in [5.74, 6) is 0. The van der Waals surface area contributed by atoms with Crippen LogP contribution in [0.3, 0.4) is 0 Å². The largest absolute Gasteiger partial charge is 0.313 e. The van der Waals surface area contributed by atoms with E-state index in [0.29, 0.717) is 17.5 Å². The third kappa shape index (κ3) is 3.69. The molecule has 2 atom stereocenters. The van der Waals surface area contributed by atoms with Crippen molar-refractivity contribution in [1.29, 1.82) is 0 Å². The molecule has 0 aliphatic carbocycles. The number of hydrogen-bond acceptors (Lipinski definition) is 2. The molecule has 0 bridgehead atoms. The first-order valence-electron chi connectivity index (χ1n) is 7.56. The van der Waals surface area contributed by atoms with Gasteiger partial charge in [0.05, 0.1) is 0 Å². The fourth-order valence-corrected chi connectivity index (χ4v) is 3.17. The molecular weight excluding hydrogens is 208 g/mol. The minimum atomic E-state index is 0.607. The van der Waals surface area contributed by atoms with Crippen LogP contribution in [0.4, 0.5) is 0 Å². The van der Waals surface area contributed by atoms with Gasteiger partial charge in [0.15, 0.2) is 0 Å². The van der Waals surface area contributed by atoms with E-state index in [1.54, 1.807) is 0 Å². The van der Waals surface area contributed by atoms with Gasteiger partial charge in [-0.1, -0.05) is 33.6 Å². The van der Waals surface area contributed by atoms with E-state index in [1.165, 1.54) is 38.8 Å². The highest BCUT2D eigenvalue weighted by Gasteiger charge is 2.33. The molecule has 0 amide bonds. The van der Waals surface area contributed by atoms with E-state index >= 15 is 0 Å². The molecule has 1 heterocycles. The Labute approximate surface area is 108 Å². The van der Waals surface area contributed by atoms with E-state index in [4.69, 9.17) is 0 Å². The average molecular weight is 240 g/mol. The summed E-state index contributed by atoms with van der Waals surface area (Å²) in [4.78, 5) is 2.68. The third-order valence-corrected chi connectivity index (χ3v) is 5.18. The lowest BCUT2D eigenvalue weighted by Gasteiger charge is -2.44. The number of piperidine rings is 1. The molecule has 0 radical (unpaired) electrons. The zero-order valence-electron chi connectivity index (χ0n) is 12.6. The maximum Gasteiger partial charge on any atom is 0.0218 e. The van der Waals surface area contributed by atoms with Crippen molar-refractivity contribution in [2.45, 2.75) is 72.4 Å². The number of nitrogens with one attached hydrogen (secondary N) is 1. The SMILES string of the molecule is CCNC(C)C(C)N1CCC(CC)(CC)CC1. The molecule has 2 nitrogen and oxygen atoms in total. The van der Waals surface area contributed by atoms with Crippen LogP contribution in [0.25, 0.3) is 0 Å². The van der Waals surface area contributed by atoms with Gasteiger partial charge in [-0.3, -0.25) is 4.90 Å². The van der Waals surface area contributed by atoms with Gasteiger partial charge in [0.25, 0.3) is 0 Å². The van der Waals surface area contributed by atoms with Gasteiger partial charge in [0.1, 0.15) is 0 Å². The molecule has 102 valence electrons. The molecule has 2 heteroatoms. The van der Waals surface area contributed by atoms with E-state index in [1.807, 2.05) is 0 Å². The fraction of sp³-hybridized carbons (Fsp3) is 1.00. The molecule has 1 rings (SSSR count). The van der Waals surface area contributed by atoms with Crippen molar-refractivity contribution < 1.29 is 0 Å². The van der Waals surface area contributed by atoms with Crippen LogP contribution in [-0.4, -0.2) is 36.6 Å². The van der Waals surface area contributed by atoms with Crippen LogP contribution in [0.15, 0.2) is 0 Å². The molecule has 0 aromatic rings. The zero-order chi connectivity index (χ0) is 12.9. The first-order valence-corrected chi connectivity index (χ1v) is 7.56. The maximum absolute atomic E-state index is 3.55. The first kappa shape index (κ1) is 15.0. The summed E-state index contributed by atoms with van der Waals surface area (Å²) in [6.07, 6.45) is 5.50. The van der Waals surface area contributed by atoms with Gasteiger partial charge in [-0.05, 0) is 51.7 Å². The van der Waals surface area contributed by atoms with Crippen molar-refractivity contribution in [3.63, 3.8) is 0 Å². The molecule has 2 unspecified atom stereocenters. The summed E-state index contributed by atoms with van der Waals surface area (Å²) in [5, 5.41) is 3.55. The van der Waals surface area contributed by atoms with Crippen LogP contribution < -0.4 is 5.32 Å². The number of rotatable bonds is 6. The van der Waals surface area contributed by atoms with Crippen LogP contribution in [0, 0.1) is 5.41 Å². The Kier molecular flexibility index (Phi) is 5.94. The number of likely N-dealkylation sites (tertiary alicyclic amines) is 1. The second-order valence-corrected chi connectivity index (χ2v) is 5.83. The monoisotopic (exact) mass is 240 g/mol. The Morgan fingerprint density at radius 3 is 2.00 bits per heavy atom. The van der Waals surface area contributed by atoms with Crippen molar-refractivity contribution >= 4 is 0 Å². The second kappa shape index (κ2) is 6.75. The molecule has 1 aliphatic rings. The van der Waals surface area contributed by atoms with Crippen molar-refractivity contribution in [2.24, 2.45) is 5.41 Å². The highest BCUT2D eigenvalue weighted by Crippen LogP contribution is 2.38. The summed E-state index contributed by atoms with van der Waals surface area (Å²) in [5.41, 5.74) is 0.650. The van der Waals surface area contributed by atoms with Crippen LogP contribution >= 0.6 is 0 Å². The fourth-order valence-electron chi connectivity index (χ4n) is 3.17. The molecule has 0 saturated carbocycles. The van der Waals surface area contributed by atoms with Crippen molar-refractivity contribution in [3.05, 3.63) is 0 Å². The second-order valence-electron chi connectivity index (χ2n) is 5.83. The average Bonchev–Trinajstić information content (AvgIpc) is 2.38. The van der Waals surface area contributed by atoms with E-state index in [-0.39, 0.29) is 0 Å². The van der Waals surface area contributed by atoms with Gasteiger partial charge in [-0.2, -0.15) is 0 Å². The predicted octanol–water partition coefficient (Wildman–Crippen LogP) is 3.28. The van der Waals surface area contributed by atoms with Gasteiger partial charge in [0, 0.05) is 12.1 Å². The van der Waals surface area contributed by atoms with Crippen molar-refractivity contribution in [1.82, 2.24) is 10.2 Å². The standard InChI is InChI=1S/C15H32N2/c1-6-15(7-2)9-11-17(12-10-15)14(5)13(4)16-8-3/h13-14,16H,6-12H2,1-5H3. The van der Waals surface area contributed by atoms with Crippen molar-refractivity contribution in [3.8, 4) is 0 Å². The maximum atomic E-state index is 3.55. The van der Waals surface area contributed by atoms with Crippen LogP contribution in [0.2, 0.25) is 0 Å². The lowest BCUT2D eigenvalue weighted by molar-refractivity contribution is 0.0609. The molecular formula is C15H32N2. The smallest absolute Gasteiger partial charge is 0.0218 e. The Morgan fingerprint density at radius 1 is 1.06 bits per heavy atom. The Balaban J connectivity index is 2.45. The predicted molar refractivity (Wildman–Crippen MR) is 76.4 cm³/mol. The van der Waals surface area contributed by atoms with Gasteiger partial charge < -0.3 is 5.32 Å². The zero-order valence-corrected chi connectivity index (χ0v) is 12.6. The lowest BCUT2D eigenvalue weighted by Crippen LogP contribution is -2.51. The molecule has 1 fully saturated rings. The number of nitrogens with zero attached hydrogens (tertiary/aromatic N) is 1. The Bertz CT molecular complexity index is 201. The molecule has 1 N–H and O–H groups in total. The van der Waals surface area contributed by atoms with E-state index < -0.39 is 0 Å². The molecule has 0 aromatic carbocycles. The lowest BCUT2D eigenvalue weighted by atomic mass is 9.74. The van der Waals surface area contributed by atoms with Gasteiger partial charge in [-0.15, -0.1) is 0 Å². The normalized spacial score (nSPS) is 24.5. The summed E-state index contributed by atoms with van der Waals surface area (Å²) in [6.45, 7) is 15.3. The van der Waals surface area contributed by atoms with Gasteiger partial charge >= 0.3 is 0 Å². The van der Waals surface area contributed by atoms with E-state index in [9.17, 15) is 0 Å². The summed E-state index contributed by atoms with van der Waals surface area (Å²) in [7, 11) is 0. The Morgan fingerprint density at radius 2 is 1.59 bits per heavy atom.